The minimum Gasteiger partial charge on any atom is -0.449 e. The summed E-state index contributed by atoms with van der Waals surface area (Å²) in [6.07, 6.45) is -2.74. The molecule has 0 atom stereocenters. The first-order valence-electron chi connectivity index (χ1n) is 42.6. The van der Waals surface area contributed by atoms with Crippen molar-refractivity contribution in [3.8, 4) is 0 Å². The van der Waals surface area contributed by atoms with E-state index >= 15 is 0 Å². The number of aryl methyl sites for hydroxylation is 3. The highest BCUT2D eigenvalue weighted by atomic mass is 19.4. The van der Waals surface area contributed by atoms with Crippen molar-refractivity contribution in [1.29, 1.82) is 0 Å². The number of carbonyl (C=O) groups is 9. The third-order valence-corrected chi connectivity index (χ3v) is 22.2. The predicted octanol–water partition coefficient (Wildman–Crippen LogP) is 11.9. The molecule has 133 heavy (non-hydrogen) atoms. The van der Waals surface area contributed by atoms with Gasteiger partial charge in [-0.15, -0.1) is 0 Å². The molecule has 5 aliphatic rings. The Balaban J connectivity index is 0.000000143. The summed E-state index contributed by atoms with van der Waals surface area (Å²) in [5, 5.41) is 48.6. The zero-order valence-electron chi connectivity index (χ0n) is 71.3. The van der Waals surface area contributed by atoms with Gasteiger partial charge in [0, 0.05) is 123 Å². The van der Waals surface area contributed by atoms with Crippen LogP contribution in [0, 0.1) is 5.82 Å². The summed E-state index contributed by atoms with van der Waals surface area (Å²) in [6, 6.07) is 41.9. The summed E-state index contributed by atoms with van der Waals surface area (Å²) in [6.45, 7) is 4.66. The SMILES string of the molecule is NC(=O)/C=C/c1cccc(C(=O)Nc2nc3cc(N4CCOCC4=O)ccc3n2CCCO)c1.O=C(Nc1nc2cc(N3CCCOC3=O)ccc2n1CCCO)c1cccc(C(F)(F)F)c1.O=C(Nc1nc2cc(N3CCOCC3=O)ccc2n1C1CCC(O)CC1)c1cccc(C(F)(F)F)c1.O=C(Nc1nc2cc(N3CCOCC3=O)ccc2n1CCCO)c1cccc(F)c1. The molecule has 0 radical (unpaired) electrons. The maximum Gasteiger partial charge on any atom is 0.416 e. The minimum atomic E-state index is -4.57. The molecule has 8 aromatic carbocycles. The van der Waals surface area contributed by atoms with Gasteiger partial charge in [-0.2, -0.15) is 26.3 Å². The van der Waals surface area contributed by atoms with Crippen molar-refractivity contribution in [2.45, 2.75) is 95.5 Å². The number of benzene rings is 8. The molecule has 1 aliphatic carbocycles. The number of cyclic esters (lactones) is 1. The Hall–Kier alpha value is -14.4. The minimum absolute atomic E-state index is 0.00479. The maximum absolute atomic E-state index is 13.5. The van der Waals surface area contributed by atoms with Crippen LogP contribution in [0.1, 0.15) is 116 Å². The van der Waals surface area contributed by atoms with Crippen LogP contribution < -0.4 is 46.6 Å². The van der Waals surface area contributed by atoms with E-state index in [0.29, 0.717) is 191 Å². The second-order valence-corrected chi connectivity index (χ2v) is 31.2. The normalized spacial score (nSPS) is 16.1. The number of aliphatic hydroxyl groups excluding tert-OH is 4. The molecule has 12 aromatic rings. The Bertz CT molecular complexity index is 6360. The van der Waals surface area contributed by atoms with Gasteiger partial charge in [0.1, 0.15) is 25.6 Å². The zero-order chi connectivity index (χ0) is 94.2. The Morgan fingerprint density at radius 1 is 0.436 bits per heavy atom. The van der Waals surface area contributed by atoms with Crippen molar-refractivity contribution in [3.05, 3.63) is 221 Å². The van der Waals surface area contributed by atoms with E-state index in [4.69, 9.17) is 24.7 Å². The molecule has 41 heteroatoms. The van der Waals surface area contributed by atoms with E-state index in [0.717, 1.165) is 52.9 Å². The molecule has 4 saturated heterocycles. The number of aliphatic hydroxyl groups is 4. The monoisotopic (exact) mass is 1840 g/mol. The average molecular weight is 1840 g/mol. The number of fused-ring (bicyclic) bond motifs is 4. The molecule has 8 heterocycles. The Labute approximate surface area is 753 Å². The number of imidazole rings is 4. The van der Waals surface area contributed by atoms with E-state index in [1.54, 1.807) is 90.6 Å². The highest BCUT2D eigenvalue weighted by Crippen LogP contribution is 2.39. The van der Waals surface area contributed by atoms with E-state index < -0.39 is 65.1 Å². The fourth-order valence-corrected chi connectivity index (χ4v) is 15.7. The third kappa shape index (κ3) is 23.2. The first kappa shape index (κ1) is 94.7. The second kappa shape index (κ2) is 42.7. The summed E-state index contributed by atoms with van der Waals surface area (Å²) in [5.74, 6) is -2.87. The topological polar surface area (TPSA) is 430 Å². The number of anilines is 8. The van der Waals surface area contributed by atoms with E-state index in [1.807, 2.05) is 39.5 Å². The summed E-state index contributed by atoms with van der Waals surface area (Å²) in [4.78, 5) is 135. The number of nitrogens with two attached hydrogens (primary N) is 1. The van der Waals surface area contributed by atoms with Crippen LogP contribution in [0.15, 0.2) is 176 Å². The molecular weight excluding hydrogens is 1750 g/mol. The number of nitrogens with one attached hydrogen (secondary N) is 4. The van der Waals surface area contributed by atoms with Crippen LogP contribution in [-0.2, 0) is 70.1 Å². The Kier molecular flexibility index (Phi) is 30.4. The molecule has 0 spiro atoms. The van der Waals surface area contributed by atoms with Gasteiger partial charge in [-0.05, 0) is 203 Å². The number of hydrogen-bond acceptors (Lipinski definition) is 21. The molecule has 1 saturated carbocycles. The lowest BCUT2D eigenvalue weighted by Crippen LogP contribution is -2.41. The molecule has 10 N–H and O–H groups in total. The van der Waals surface area contributed by atoms with Gasteiger partial charge in [0.2, 0.25) is 29.7 Å². The average Bonchev–Trinajstić information content (AvgIpc) is 1.63. The van der Waals surface area contributed by atoms with E-state index in [-0.39, 0.29) is 104 Å². The lowest BCUT2D eigenvalue weighted by molar-refractivity contribution is -0.138. The summed E-state index contributed by atoms with van der Waals surface area (Å²) < 4.78 is 120. The van der Waals surface area contributed by atoms with E-state index in [9.17, 15) is 94.3 Å². The fraction of sp³-hybridized carbons (Fsp3) is 0.315. The van der Waals surface area contributed by atoms with Gasteiger partial charge in [0.25, 0.3) is 41.4 Å². The van der Waals surface area contributed by atoms with Gasteiger partial charge in [-0.3, -0.25) is 64.5 Å². The largest absolute Gasteiger partial charge is 0.449 e. The number of aromatic nitrogens is 8. The lowest BCUT2D eigenvalue weighted by atomic mass is 9.93. The summed E-state index contributed by atoms with van der Waals surface area (Å²) in [7, 11) is 0. The third-order valence-electron chi connectivity index (χ3n) is 22.2. The first-order valence-corrected chi connectivity index (χ1v) is 42.6. The van der Waals surface area contributed by atoms with Gasteiger partial charge in [-0.25, -0.2) is 29.1 Å². The van der Waals surface area contributed by atoms with Crippen molar-refractivity contribution < 1.29 is 113 Å². The Morgan fingerprint density at radius 2 is 0.805 bits per heavy atom. The molecule has 5 fully saturated rings. The van der Waals surface area contributed by atoms with Gasteiger partial charge < -0.3 is 78.1 Å². The summed E-state index contributed by atoms with van der Waals surface area (Å²) >= 11 is 0. The van der Waals surface area contributed by atoms with Crippen LogP contribution in [0.25, 0.3) is 50.2 Å². The molecule has 0 bridgehead atoms. The highest BCUT2D eigenvalue weighted by molar-refractivity contribution is 6.08. The van der Waals surface area contributed by atoms with Crippen molar-refractivity contribution in [2.75, 3.05) is 133 Å². The quantitative estimate of drug-likeness (QED) is 0.0200. The Morgan fingerprint density at radius 3 is 1.20 bits per heavy atom. The molecular formula is C92H92F7N17O17. The van der Waals surface area contributed by atoms with Crippen LogP contribution in [0.4, 0.5) is 82.1 Å². The van der Waals surface area contributed by atoms with Crippen molar-refractivity contribution in [3.63, 3.8) is 0 Å². The predicted molar refractivity (Wildman–Crippen MR) is 476 cm³/mol. The van der Waals surface area contributed by atoms with Crippen LogP contribution in [-0.4, -0.2) is 210 Å². The van der Waals surface area contributed by atoms with Gasteiger partial charge >= 0.3 is 18.4 Å². The fourth-order valence-electron chi connectivity index (χ4n) is 15.7. The molecule has 4 aromatic heterocycles. The first-order chi connectivity index (χ1) is 64.0. The van der Waals surface area contributed by atoms with Gasteiger partial charge in [0.05, 0.1) is 87.8 Å². The zero-order valence-corrected chi connectivity index (χ0v) is 71.3. The lowest BCUT2D eigenvalue weighted by Gasteiger charge is -2.28. The van der Waals surface area contributed by atoms with Crippen molar-refractivity contribution >= 4 is 150 Å². The molecule has 4 aliphatic heterocycles. The molecule has 0 unspecified atom stereocenters. The molecule has 34 nitrogen and oxygen atoms in total. The van der Waals surface area contributed by atoms with Crippen LogP contribution >= 0.6 is 0 Å². The van der Waals surface area contributed by atoms with Crippen molar-refractivity contribution in [1.82, 2.24) is 38.2 Å². The van der Waals surface area contributed by atoms with Gasteiger partial charge in [0.15, 0.2) is 0 Å². The molecule has 9 amide bonds. The van der Waals surface area contributed by atoms with E-state index in [2.05, 4.69) is 41.2 Å². The summed E-state index contributed by atoms with van der Waals surface area (Å²) in [5.41, 5.74) is 11.9. The second-order valence-electron chi connectivity index (χ2n) is 31.2. The van der Waals surface area contributed by atoms with E-state index in [1.165, 1.54) is 53.5 Å². The molecule has 696 valence electrons. The number of halogens is 7. The number of hydrogen-bond donors (Lipinski definition) is 9. The smallest absolute Gasteiger partial charge is 0.416 e. The maximum atomic E-state index is 13.5. The number of primary amides is 1. The number of carbonyl (C=O) groups excluding carboxylic acids is 9. The number of ether oxygens (including phenoxy) is 4. The highest BCUT2D eigenvalue weighted by Gasteiger charge is 2.35. The molecule has 17 rings (SSSR count). The van der Waals surface area contributed by atoms with Gasteiger partial charge in [-0.1, -0.05) is 30.3 Å². The number of nitrogens with zero attached hydrogens (tertiary/aromatic N) is 12. The van der Waals surface area contributed by atoms with Crippen LogP contribution in [0.5, 0.6) is 0 Å². The number of morpholine rings is 3. The van der Waals surface area contributed by atoms with Crippen molar-refractivity contribution in [2.24, 2.45) is 5.73 Å². The number of amides is 9. The van der Waals surface area contributed by atoms with Crippen LogP contribution in [0.3, 0.4) is 0 Å². The number of alkyl halides is 6. The van der Waals surface area contributed by atoms with Crippen LogP contribution in [0.2, 0.25) is 0 Å². The standard InChI is InChI=1S/C25H25F3N4O4.C24H25N5O5.C22H21F3N4O4.C21H21FN4O4/c26-25(27,28)16-3-1-2-15(12-16)23(35)30-24-29-20-13-18(31-10-11-36-14-22(31)34)6-9-21(20)32(24)17-4-7-19(33)8-5-17;25-21(31)8-5-16-3-1-4-17(13-16)23(33)27-24-26-19-14-18(28-10-12-34-15-22(28)32)6-7-20(19)29(24)9-2-11-30;23-22(24,25)15-5-1-4-14(12-15)19(31)27-20-26-17-13-16(28-9-3-11-33-21(28)32)6-7-18(17)29(20)8-2-10-30;22-15-4-1-3-14(11-15)20(29)24-21-23-17-12-16(25-8-10-30-13-19(25)28)5-6-18(17)26(21)7-2-9-27/h1-3,6,9,12-13,17,19,33H,4-5,7-8,10-11,14H2,(H,29,30,35);1,3-8,13-14,30H,2,9-12,15H2,(H2,25,31)(H,26,27,33);1,4-7,12-13,30H,2-3,8-11H2,(H,26,27,31);1,3-6,11-12,27H,2,7-10,13H2,(H,23,24,29)/b;8-5+;;. The number of rotatable bonds is 24.